The van der Waals surface area contributed by atoms with Gasteiger partial charge in [-0.05, 0) is 49.1 Å². The molecule has 2 nitrogen and oxygen atoms in total. The highest BCUT2D eigenvalue weighted by molar-refractivity contribution is 5.83. The third-order valence-corrected chi connectivity index (χ3v) is 4.20. The molecule has 112 valence electrons. The minimum Gasteiger partial charge on any atom is -0.457 e. The van der Waals surface area contributed by atoms with Crippen molar-refractivity contribution in [2.75, 3.05) is 0 Å². The maximum absolute atomic E-state index is 12.3. The van der Waals surface area contributed by atoms with E-state index in [0.717, 1.165) is 18.4 Å². The fraction of sp³-hybridized carbons (Fsp3) is 0.421. The molecule has 0 radical (unpaired) electrons. The highest BCUT2D eigenvalue weighted by atomic mass is 16.5. The van der Waals surface area contributed by atoms with Gasteiger partial charge >= 0.3 is 5.97 Å². The Morgan fingerprint density at radius 1 is 1.10 bits per heavy atom. The lowest BCUT2D eigenvalue weighted by molar-refractivity contribution is -0.160. The Hall–Kier alpha value is -1.83. The predicted octanol–water partition coefficient (Wildman–Crippen LogP) is 5.27. The number of fused-ring (bicyclic) bond motifs is 1. The summed E-state index contributed by atoms with van der Waals surface area (Å²) in [4.78, 5) is 12.3. The topological polar surface area (TPSA) is 26.3 Å². The summed E-state index contributed by atoms with van der Waals surface area (Å²) < 4.78 is 5.75. The van der Waals surface area contributed by atoms with E-state index in [9.17, 15) is 4.79 Å². The molecule has 0 spiro atoms. The number of hydrogen-bond donors (Lipinski definition) is 0. The zero-order valence-corrected chi connectivity index (χ0v) is 13.3. The summed E-state index contributed by atoms with van der Waals surface area (Å²) in [5.41, 5.74) is 0.640. The first-order valence-corrected chi connectivity index (χ1v) is 7.67. The van der Waals surface area contributed by atoms with E-state index in [0.29, 0.717) is 0 Å². The lowest BCUT2D eigenvalue weighted by Crippen LogP contribution is -2.27. The van der Waals surface area contributed by atoms with Crippen molar-refractivity contribution in [1.29, 1.82) is 0 Å². The van der Waals surface area contributed by atoms with Crippen molar-refractivity contribution < 1.29 is 9.53 Å². The van der Waals surface area contributed by atoms with Crippen molar-refractivity contribution in [2.24, 2.45) is 5.41 Å². The Labute approximate surface area is 127 Å². The van der Waals surface area contributed by atoms with Gasteiger partial charge in [0.2, 0.25) is 0 Å². The molecule has 0 aliphatic carbocycles. The summed E-state index contributed by atoms with van der Waals surface area (Å²) in [6.07, 6.45) is 1.39. The summed E-state index contributed by atoms with van der Waals surface area (Å²) in [6, 6.07) is 14.5. The molecule has 0 saturated heterocycles. The van der Waals surface area contributed by atoms with E-state index >= 15 is 0 Å². The minimum atomic E-state index is -0.426. The first-order valence-electron chi connectivity index (χ1n) is 7.67. The van der Waals surface area contributed by atoms with E-state index < -0.39 is 5.41 Å². The third kappa shape index (κ3) is 3.44. The molecule has 1 atom stereocenters. The van der Waals surface area contributed by atoms with Crippen LogP contribution in [0, 0.1) is 5.41 Å². The Morgan fingerprint density at radius 2 is 1.76 bits per heavy atom. The monoisotopic (exact) mass is 284 g/mol. The molecule has 0 saturated carbocycles. The first-order chi connectivity index (χ1) is 9.97. The van der Waals surface area contributed by atoms with Crippen LogP contribution in [0.15, 0.2) is 42.5 Å². The molecule has 0 N–H and O–H groups in total. The van der Waals surface area contributed by atoms with Crippen LogP contribution in [0.1, 0.15) is 52.2 Å². The van der Waals surface area contributed by atoms with Crippen molar-refractivity contribution in [3.63, 3.8) is 0 Å². The molecule has 0 aromatic heterocycles. The van der Waals surface area contributed by atoms with Crippen molar-refractivity contribution in [1.82, 2.24) is 0 Å². The number of carbonyl (C=O) groups excluding carboxylic acids is 1. The van der Waals surface area contributed by atoms with E-state index in [1.54, 1.807) is 0 Å². The molecular weight excluding hydrogens is 260 g/mol. The van der Waals surface area contributed by atoms with Gasteiger partial charge in [-0.25, -0.2) is 0 Å². The van der Waals surface area contributed by atoms with E-state index in [4.69, 9.17) is 4.74 Å². The molecule has 0 fully saturated rings. The van der Waals surface area contributed by atoms with Gasteiger partial charge in [-0.2, -0.15) is 0 Å². The standard InChI is InChI=1S/C19H24O2/c1-5-17(21-18(20)19(3,4)6-2)16-12-11-14-9-7-8-10-15(14)13-16/h7-13,17H,5-6H2,1-4H3. The Morgan fingerprint density at radius 3 is 2.38 bits per heavy atom. The summed E-state index contributed by atoms with van der Waals surface area (Å²) in [5.74, 6) is -0.120. The minimum absolute atomic E-state index is 0.120. The van der Waals surface area contributed by atoms with Crippen LogP contribution in [0.5, 0.6) is 0 Å². The van der Waals surface area contributed by atoms with Crippen LogP contribution >= 0.6 is 0 Å². The van der Waals surface area contributed by atoms with Gasteiger partial charge in [0.1, 0.15) is 6.10 Å². The molecule has 2 heteroatoms. The van der Waals surface area contributed by atoms with Gasteiger partial charge in [-0.3, -0.25) is 4.79 Å². The zero-order chi connectivity index (χ0) is 15.5. The van der Waals surface area contributed by atoms with Gasteiger partial charge in [0, 0.05) is 0 Å². The van der Waals surface area contributed by atoms with E-state index in [2.05, 4.69) is 30.3 Å². The van der Waals surface area contributed by atoms with Crippen molar-refractivity contribution in [3.8, 4) is 0 Å². The number of esters is 1. The highest BCUT2D eigenvalue weighted by Gasteiger charge is 2.29. The second kappa shape index (κ2) is 6.30. The highest BCUT2D eigenvalue weighted by Crippen LogP contribution is 2.29. The third-order valence-electron chi connectivity index (χ3n) is 4.20. The molecule has 0 amide bonds. The maximum Gasteiger partial charge on any atom is 0.312 e. The largest absolute Gasteiger partial charge is 0.457 e. The summed E-state index contributed by atoms with van der Waals surface area (Å²) in [5, 5.41) is 2.38. The molecule has 0 bridgehead atoms. The molecule has 1 unspecified atom stereocenters. The second-order valence-electron chi connectivity index (χ2n) is 6.15. The van der Waals surface area contributed by atoms with Gasteiger partial charge in [-0.15, -0.1) is 0 Å². The molecule has 0 aliphatic rings. The van der Waals surface area contributed by atoms with E-state index in [1.807, 2.05) is 39.8 Å². The molecule has 21 heavy (non-hydrogen) atoms. The Bertz CT molecular complexity index is 628. The van der Waals surface area contributed by atoms with Gasteiger partial charge < -0.3 is 4.74 Å². The lowest BCUT2D eigenvalue weighted by Gasteiger charge is -2.25. The molecular formula is C19H24O2. The summed E-state index contributed by atoms with van der Waals surface area (Å²) in [6.45, 7) is 7.93. The van der Waals surface area contributed by atoms with Crippen molar-refractivity contribution in [3.05, 3.63) is 48.0 Å². The molecule has 0 aliphatic heterocycles. The quantitative estimate of drug-likeness (QED) is 0.699. The Kier molecular flexibility index (Phi) is 4.66. The smallest absolute Gasteiger partial charge is 0.312 e. The van der Waals surface area contributed by atoms with Crippen LogP contribution in [0.4, 0.5) is 0 Å². The molecule has 0 heterocycles. The second-order valence-corrected chi connectivity index (χ2v) is 6.15. The van der Waals surface area contributed by atoms with Crippen LogP contribution in [0.25, 0.3) is 10.8 Å². The number of rotatable bonds is 5. The fourth-order valence-corrected chi connectivity index (χ4v) is 2.23. The lowest BCUT2D eigenvalue weighted by atomic mass is 9.90. The van der Waals surface area contributed by atoms with Crippen LogP contribution in [0.3, 0.4) is 0 Å². The normalized spacial score (nSPS) is 13.1. The Balaban J connectivity index is 2.25. The average Bonchev–Trinajstić information content (AvgIpc) is 2.51. The molecule has 2 aromatic carbocycles. The van der Waals surface area contributed by atoms with Crippen molar-refractivity contribution >= 4 is 16.7 Å². The van der Waals surface area contributed by atoms with Gasteiger partial charge in [0.25, 0.3) is 0 Å². The number of ether oxygens (including phenoxy) is 1. The van der Waals surface area contributed by atoms with E-state index in [1.165, 1.54) is 10.8 Å². The average molecular weight is 284 g/mol. The number of benzene rings is 2. The molecule has 2 rings (SSSR count). The summed E-state index contributed by atoms with van der Waals surface area (Å²) >= 11 is 0. The SMILES string of the molecule is CCC(OC(=O)C(C)(C)CC)c1ccc2ccccc2c1. The first kappa shape index (κ1) is 15.6. The van der Waals surface area contributed by atoms with Crippen LogP contribution < -0.4 is 0 Å². The number of hydrogen-bond acceptors (Lipinski definition) is 2. The van der Waals surface area contributed by atoms with Gasteiger partial charge in [0.15, 0.2) is 0 Å². The predicted molar refractivity (Wildman–Crippen MR) is 87.1 cm³/mol. The van der Waals surface area contributed by atoms with Crippen LogP contribution in [-0.2, 0) is 9.53 Å². The van der Waals surface area contributed by atoms with Gasteiger partial charge in [0.05, 0.1) is 5.41 Å². The maximum atomic E-state index is 12.3. The molecule has 2 aromatic rings. The van der Waals surface area contributed by atoms with Crippen molar-refractivity contribution in [2.45, 2.75) is 46.6 Å². The fourth-order valence-electron chi connectivity index (χ4n) is 2.23. The number of carbonyl (C=O) groups is 1. The van der Waals surface area contributed by atoms with Gasteiger partial charge in [-0.1, -0.05) is 50.2 Å². The van der Waals surface area contributed by atoms with E-state index in [-0.39, 0.29) is 12.1 Å². The van der Waals surface area contributed by atoms with Crippen LogP contribution in [-0.4, -0.2) is 5.97 Å². The van der Waals surface area contributed by atoms with Crippen LogP contribution in [0.2, 0.25) is 0 Å². The summed E-state index contributed by atoms with van der Waals surface area (Å²) in [7, 11) is 0. The zero-order valence-electron chi connectivity index (χ0n) is 13.3.